The molecule has 1 heterocycles. The Morgan fingerprint density at radius 2 is 1.95 bits per heavy atom. The Labute approximate surface area is 128 Å². The molecule has 0 spiro atoms. The fourth-order valence-corrected chi connectivity index (χ4v) is 2.62. The molecule has 0 bridgehead atoms. The average Bonchev–Trinajstić information content (AvgIpc) is 2.49. The highest BCUT2D eigenvalue weighted by molar-refractivity contribution is 5.31. The molecule has 0 amide bonds. The number of nitrogens with one attached hydrogen (secondary N) is 1. The quantitative estimate of drug-likeness (QED) is 0.834. The van der Waals surface area contributed by atoms with Crippen molar-refractivity contribution < 1.29 is 0 Å². The molecule has 0 radical (unpaired) electrons. The summed E-state index contributed by atoms with van der Waals surface area (Å²) >= 11 is 0. The summed E-state index contributed by atoms with van der Waals surface area (Å²) < 4.78 is 0. The second kappa shape index (κ2) is 7.94. The van der Waals surface area contributed by atoms with Crippen LogP contribution >= 0.6 is 0 Å². The summed E-state index contributed by atoms with van der Waals surface area (Å²) in [4.78, 5) is 4.47. The van der Waals surface area contributed by atoms with Crippen LogP contribution in [0, 0.1) is 13.8 Å². The smallest absolute Gasteiger partial charge is 0.0419 e. The van der Waals surface area contributed by atoms with Crippen LogP contribution in [-0.4, -0.2) is 17.6 Å². The van der Waals surface area contributed by atoms with Gasteiger partial charge in [-0.2, -0.15) is 0 Å². The van der Waals surface area contributed by atoms with Gasteiger partial charge in [0.2, 0.25) is 0 Å². The monoisotopic (exact) mass is 282 g/mol. The molecule has 2 heteroatoms. The van der Waals surface area contributed by atoms with Gasteiger partial charge in [-0.1, -0.05) is 36.8 Å². The molecule has 0 saturated heterocycles. The van der Waals surface area contributed by atoms with Crippen LogP contribution in [0.4, 0.5) is 0 Å². The Hall–Kier alpha value is -1.67. The lowest BCUT2D eigenvalue weighted by molar-refractivity contribution is 0.499. The summed E-state index contributed by atoms with van der Waals surface area (Å²) in [6, 6.07) is 13.3. The Balaban J connectivity index is 2.10. The molecule has 1 N–H and O–H groups in total. The number of aromatic nitrogens is 1. The van der Waals surface area contributed by atoms with Gasteiger partial charge in [-0.15, -0.1) is 0 Å². The normalized spacial score (nSPS) is 12.3. The van der Waals surface area contributed by atoms with Gasteiger partial charge >= 0.3 is 0 Å². The van der Waals surface area contributed by atoms with Gasteiger partial charge in [-0.3, -0.25) is 4.98 Å². The lowest BCUT2D eigenvalue weighted by atomic mass is 9.96. The average molecular weight is 282 g/mol. The SMILES string of the molecule is CCCNC(Cc1ccccn1)Cc1cc(C)ccc1C. The van der Waals surface area contributed by atoms with Crippen molar-refractivity contribution in [2.24, 2.45) is 0 Å². The van der Waals surface area contributed by atoms with Crippen molar-refractivity contribution in [2.75, 3.05) is 6.54 Å². The number of aryl methyl sites for hydroxylation is 2. The van der Waals surface area contributed by atoms with Crippen LogP contribution in [0.25, 0.3) is 0 Å². The molecule has 2 aromatic rings. The van der Waals surface area contributed by atoms with Gasteiger partial charge in [-0.25, -0.2) is 0 Å². The second-order valence-electron chi connectivity index (χ2n) is 5.81. The molecule has 0 aliphatic carbocycles. The van der Waals surface area contributed by atoms with Crippen LogP contribution in [0.1, 0.15) is 35.7 Å². The third-order valence-electron chi connectivity index (χ3n) is 3.84. The Kier molecular flexibility index (Phi) is 5.94. The number of hydrogen-bond acceptors (Lipinski definition) is 2. The second-order valence-corrected chi connectivity index (χ2v) is 5.81. The first-order chi connectivity index (χ1) is 10.2. The molecule has 1 unspecified atom stereocenters. The van der Waals surface area contributed by atoms with E-state index >= 15 is 0 Å². The van der Waals surface area contributed by atoms with E-state index in [1.54, 1.807) is 0 Å². The molecule has 0 fully saturated rings. The fraction of sp³-hybridized carbons (Fsp3) is 0.421. The van der Waals surface area contributed by atoms with E-state index in [-0.39, 0.29) is 0 Å². The maximum atomic E-state index is 4.47. The highest BCUT2D eigenvalue weighted by atomic mass is 14.9. The van der Waals surface area contributed by atoms with E-state index in [0.29, 0.717) is 6.04 Å². The van der Waals surface area contributed by atoms with Gasteiger partial charge in [0.15, 0.2) is 0 Å². The van der Waals surface area contributed by atoms with Crippen molar-refractivity contribution in [3.8, 4) is 0 Å². The summed E-state index contributed by atoms with van der Waals surface area (Å²) in [5.41, 5.74) is 5.32. The third kappa shape index (κ3) is 4.98. The summed E-state index contributed by atoms with van der Waals surface area (Å²) in [7, 11) is 0. The van der Waals surface area contributed by atoms with Crippen molar-refractivity contribution >= 4 is 0 Å². The van der Waals surface area contributed by atoms with E-state index in [0.717, 1.165) is 31.5 Å². The molecular formula is C19H26N2. The highest BCUT2D eigenvalue weighted by Crippen LogP contribution is 2.14. The molecule has 2 rings (SSSR count). The molecular weight excluding hydrogens is 256 g/mol. The Bertz CT molecular complexity index is 549. The first-order valence-corrected chi connectivity index (χ1v) is 7.88. The van der Waals surface area contributed by atoms with E-state index in [1.807, 2.05) is 12.3 Å². The lowest BCUT2D eigenvalue weighted by Gasteiger charge is -2.20. The van der Waals surface area contributed by atoms with E-state index in [4.69, 9.17) is 0 Å². The molecule has 1 aromatic carbocycles. The number of hydrogen-bond donors (Lipinski definition) is 1. The minimum atomic E-state index is 0.445. The van der Waals surface area contributed by atoms with Crippen LogP contribution in [0.5, 0.6) is 0 Å². The van der Waals surface area contributed by atoms with E-state index < -0.39 is 0 Å². The topological polar surface area (TPSA) is 24.9 Å². The standard InChI is InChI=1S/C19H26N2/c1-4-10-20-19(14-18-7-5-6-11-21-18)13-17-12-15(2)8-9-16(17)3/h5-9,11-12,19-20H,4,10,13-14H2,1-3H3. The molecule has 2 nitrogen and oxygen atoms in total. The maximum Gasteiger partial charge on any atom is 0.0419 e. The first-order valence-electron chi connectivity index (χ1n) is 7.88. The van der Waals surface area contributed by atoms with Gasteiger partial charge < -0.3 is 5.32 Å². The maximum absolute atomic E-state index is 4.47. The molecule has 1 atom stereocenters. The van der Waals surface area contributed by atoms with Gasteiger partial charge in [-0.05, 0) is 56.5 Å². The van der Waals surface area contributed by atoms with Crippen LogP contribution in [0.3, 0.4) is 0 Å². The summed E-state index contributed by atoms with van der Waals surface area (Å²) in [5, 5.41) is 3.67. The predicted molar refractivity (Wildman–Crippen MR) is 89.6 cm³/mol. The van der Waals surface area contributed by atoms with Gasteiger partial charge in [0.1, 0.15) is 0 Å². The number of rotatable bonds is 7. The zero-order chi connectivity index (χ0) is 15.1. The molecule has 112 valence electrons. The van der Waals surface area contributed by atoms with E-state index in [1.165, 1.54) is 16.7 Å². The van der Waals surface area contributed by atoms with Crippen LogP contribution in [0.15, 0.2) is 42.6 Å². The van der Waals surface area contributed by atoms with Crippen molar-refractivity contribution in [1.82, 2.24) is 10.3 Å². The first kappa shape index (κ1) is 15.7. The van der Waals surface area contributed by atoms with Crippen molar-refractivity contribution in [3.63, 3.8) is 0 Å². The minimum Gasteiger partial charge on any atom is -0.313 e. The van der Waals surface area contributed by atoms with E-state index in [2.05, 4.69) is 61.4 Å². The third-order valence-corrected chi connectivity index (χ3v) is 3.84. The zero-order valence-electron chi connectivity index (χ0n) is 13.4. The highest BCUT2D eigenvalue weighted by Gasteiger charge is 2.12. The Morgan fingerprint density at radius 3 is 2.67 bits per heavy atom. The molecule has 1 aromatic heterocycles. The van der Waals surface area contributed by atoms with Gasteiger partial charge in [0.05, 0.1) is 0 Å². The van der Waals surface area contributed by atoms with E-state index in [9.17, 15) is 0 Å². The van der Waals surface area contributed by atoms with Crippen LogP contribution in [0.2, 0.25) is 0 Å². The number of benzene rings is 1. The largest absolute Gasteiger partial charge is 0.313 e. The van der Waals surface area contributed by atoms with Crippen molar-refractivity contribution in [3.05, 3.63) is 65.0 Å². The molecule has 0 saturated carbocycles. The number of nitrogens with zero attached hydrogens (tertiary/aromatic N) is 1. The van der Waals surface area contributed by atoms with Crippen LogP contribution < -0.4 is 5.32 Å². The lowest BCUT2D eigenvalue weighted by Crippen LogP contribution is -2.34. The molecule has 0 aliphatic rings. The van der Waals surface area contributed by atoms with Gasteiger partial charge in [0, 0.05) is 24.4 Å². The predicted octanol–water partition coefficient (Wildman–Crippen LogP) is 3.85. The summed E-state index contributed by atoms with van der Waals surface area (Å²) in [6.45, 7) is 7.63. The fourth-order valence-electron chi connectivity index (χ4n) is 2.62. The van der Waals surface area contributed by atoms with Crippen molar-refractivity contribution in [1.29, 1.82) is 0 Å². The summed E-state index contributed by atoms with van der Waals surface area (Å²) in [5.74, 6) is 0. The summed E-state index contributed by atoms with van der Waals surface area (Å²) in [6.07, 6.45) is 5.08. The zero-order valence-corrected chi connectivity index (χ0v) is 13.4. The molecule has 0 aliphatic heterocycles. The molecule has 21 heavy (non-hydrogen) atoms. The van der Waals surface area contributed by atoms with Crippen LogP contribution in [-0.2, 0) is 12.8 Å². The Morgan fingerprint density at radius 1 is 1.10 bits per heavy atom. The van der Waals surface area contributed by atoms with Crippen molar-refractivity contribution in [2.45, 2.75) is 46.1 Å². The number of pyridine rings is 1. The minimum absolute atomic E-state index is 0.445. The van der Waals surface area contributed by atoms with Gasteiger partial charge in [0.25, 0.3) is 0 Å².